The molecular formula is C19H20N2O. The van der Waals surface area contributed by atoms with E-state index < -0.39 is 0 Å². The predicted molar refractivity (Wildman–Crippen MR) is 90.1 cm³/mol. The van der Waals surface area contributed by atoms with E-state index in [4.69, 9.17) is 4.74 Å². The first-order valence-electron chi connectivity index (χ1n) is 7.53. The van der Waals surface area contributed by atoms with Gasteiger partial charge in [-0.3, -0.25) is 4.98 Å². The summed E-state index contributed by atoms with van der Waals surface area (Å²) in [7, 11) is 1.69. The molecule has 3 rings (SSSR count). The van der Waals surface area contributed by atoms with Crippen LogP contribution in [0.5, 0.6) is 5.75 Å². The first-order valence-corrected chi connectivity index (χ1v) is 7.53. The molecule has 1 aromatic heterocycles. The summed E-state index contributed by atoms with van der Waals surface area (Å²) in [4.78, 5) is 4.48. The first kappa shape index (κ1) is 14.5. The number of hydrogen-bond donors (Lipinski definition) is 1. The van der Waals surface area contributed by atoms with Crippen LogP contribution in [0.2, 0.25) is 0 Å². The number of ether oxygens (including phenoxy) is 1. The number of nitrogens with zero attached hydrogens (tertiary/aromatic N) is 1. The molecule has 0 aliphatic rings. The van der Waals surface area contributed by atoms with Gasteiger partial charge in [-0.1, -0.05) is 36.4 Å². The molecule has 3 heteroatoms. The van der Waals surface area contributed by atoms with Crippen LogP contribution in [0.3, 0.4) is 0 Å². The maximum absolute atomic E-state index is 5.17. The Morgan fingerprint density at radius 3 is 2.64 bits per heavy atom. The van der Waals surface area contributed by atoms with Crippen molar-refractivity contribution in [1.82, 2.24) is 10.3 Å². The van der Waals surface area contributed by atoms with Gasteiger partial charge in [0.05, 0.1) is 12.6 Å². The number of para-hydroxylation sites is 1. The number of benzene rings is 2. The third-order valence-corrected chi connectivity index (χ3v) is 3.78. The average molecular weight is 292 g/mol. The van der Waals surface area contributed by atoms with Gasteiger partial charge >= 0.3 is 0 Å². The van der Waals surface area contributed by atoms with Gasteiger partial charge in [-0.15, -0.1) is 0 Å². The van der Waals surface area contributed by atoms with Crippen LogP contribution >= 0.6 is 0 Å². The summed E-state index contributed by atoms with van der Waals surface area (Å²) in [5.74, 6) is 0.901. The Morgan fingerprint density at radius 1 is 1.00 bits per heavy atom. The molecule has 0 aliphatic heterocycles. The van der Waals surface area contributed by atoms with E-state index in [9.17, 15) is 0 Å². The summed E-state index contributed by atoms with van der Waals surface area (Å²) >= 11 is 0. The van der Waals surface area contributed by atoms with E-state index in [1.807, 2.05) is 24.4 Å². The van der Waals surface area contributed by atoms with E-state index in [1.165, 1.54) is 16.5 Å². The normalized spacial score (nSPS) is 10.8. The van der Waals surface area contributed by atoms with Crippen LogP contribution in [-0.2, 0) is 13.0 Å². The Labute approximate surface area is 131 Å². The quantitative estimate of drug-likeness (QED) is 0.705. The van der Waals surface area contributed by atoms with E-state index in [0.29, 0.717) is 0 Å². The van der Waals surface area contributed by atoms with Crippen LogP contribution in [-0.4, -0.2) is 18.6 Å². The highest BCUT2D eigenvalue weighted by atomic mass is 16.5. The molecule has 1 heterocycles. The van der Waals surface area contributed by atoms with Crippen LogP contribution in [0.15, 0.2) is 60.8 Å². The molecule has 0 bridgehead atoms. The number of fused-ring (bicyclic) bond motifs is 1. The lowest BCUT2D eigenvalue weighted by Gasteiger charge is -2.08. The second-order valence-electron chi connectivity index (χ2n) is 5.27. The summed E-state index contributed by atoms with van der Waals surface area (Å²) in [5.41, 5.74) is 3.64. The molecule has 0 atom stereocenters. The van der Waals surface area contributed by atoms with Gasteiger partial charge in [-0.25, -0.2) is 0 Å². The van der Waals surface area contributed by atoms with E-state index in [-0.39, 0.29) is 0 Å². The lowest BCUT2D eigenvalue weighted by Crippen LogP contribution is -2.17. The molecule has 0 amide bonds. The summed E-state index contributed by atoms with van der Waals surface area (Å²) in [6, 6.07) is 18.6. The van der Waals surface area contributed by atoms with Gasteiger partial charge in [-0.2, -0.15) is 0 Å². The summed E-state index contributed by atoms with van der Waals surface area (Å²) in [6.07, 6.45) is 2.85. The second kappa shape index (κ2) is 7.05. The molecule has 0 unspecified atom stereocenters. The van der Waals surface area contributed by atoms with Gasteiger partial charge in [0, 0.05) is 18.1 Å². The van der Waals surface area contributed by atoms with Crippen molar-refractivity contribution in [3.8, 4) is 5.75 Å². The van der Waals surface area contributed by atoms with Gasteiger partial charge in [0.25, 0.3) is 0 Å². The van der Waals surface area contributed by atoms with Gasteiger partial charge in [0.2, 0.25) is 0 Å². The van der Waals surface area contributed by atoms with Crippen molar-refractivity contribution in [2.24, 2.45) is 0 Å². The summed E-state index contributed by atoms with van der Waals surface area (Å²) < 4.78 is 5.17. The SMILES string of the molecule is COc1ccc(CCNCc2cccc3cccnc23)cc1. The Morgan fingerprint density at radius 2 is 1.82 bits per heavy atom. The van der Waals surface area contributed by atoms with Gasteiger partial charge < -0.3 is 10.1 Å². The highest BCUT2D eigenvalue weighted by molar-refractivity contribution is 5.81. The van der Waals surface area contributed by atoms with E-state index in [2.05, 4.69) is 46.7 Å². The average Bonchev–Trinajstić information content (AvgIpc) is 2.59. The molecule has 0 saturated heterocycles. The molecule has 1 N–H and O–H groups in total. The van der Waals surface area contributed by atoms with E-state index >= 15 is 0 Å². The number of nitrogens with one attached hydrogen (secondary N) is 1. The molecular weight excluding hydrogens is 272 g/mol. The third-order valence-electron chi connectivity index (χ3n) is 3.78. The number of methoxy groups -OCH3 is 1. The number of pyridine rings is 1. The van der Waals surface area contributed by atoms with Crippen LogP contribution < -0.4 is 10.1 Å². The molecule has 0 spiro atoms. The van der Waals surface area contributed by atoms with Crippen LogP contribution in [0, 0.1) is 0 Å². The number of rotatable bonds is 6. The lowest BCUT2D eigenvalue weighted by atomic mass is 10.1. The van der Waals surface area contributed by atoms with Gasteiger partial charge in [-0.05, 0) is 42.3 Å². The van der Waals surface area contributed by atoms with E-state index in [1.54, 1.807) is 7.11 Å². The molecule has 112 valence electrons. The van der Waals surface area contributed by atoms with Crippen LogP contribution in [0.1, 0.15) is 11.1 Å². The Kier molecular flexibility index (Phi) is 4.66. The molecule has 2 aromatic carbocycles. The Hall–Kier alpha value is -2.39. The highest BCUT2D eigenvalue weighted by Crippen LogP contribution is 2.15. The zero-order chi connectivity index (χ0) is 15.2. The van der Waals surface area contributed by atoms with Crippen LogP contribution in [0.4, 0.5) is 0 Å². The van der Waals surface area contributed by atoms with Crippen molar-refractivity contribution in [2.45, 2.75) is 13.0 Å². The second-order valence-corrected chi connectivity index (χ2v) is 5.27. The van der Waals surface area contributed by atoms with Crippen LogP contribution in [0.25, 0.3) is 10.9 Å². The largest absolute Gasteiger partial charge is 0.497 e. The highest BCUT2D eigenvalue weighted by Gasteiger charge is 2.01. The maximum atomic E-state index is 5.17. The standard InChI is InChI=1S/C19H20N2O/c1-22-18-9-7-15(8-10-18)11-13-20-14-17-5-2-4-16-6-3-12-21-19(16)17/h2-10,12,20H,11,13-14H2,1H3. The zero-order valence-electron chi connectivity index (χ0n) is 12.8. The Balaban J connectivity index is 1.56. The minimum Gasteiger partial charge on any atom is -0.497 e. The predicted octanol–water partition coefficient (Wildman–Crippen LogP) is 3.58. The topological polar surface area (TPSA) is 34.1 Å². The number of hydrogen-bond acceptors (Lipinski definition) is 3. The number of aromatic nitrogens is 1. The molecule has 0 radical (unpaired) electrons. The fourth-order valence-electron chi connectivity index (χ4n) is 2.56. The summed E-state index contributed by atoms with van der Waals surface area (Å²) in [5, 5.41) is 4.69. The minimum atomic E-state index is 0.838. The van der Waals surface area contributed by atoms with Crippen molar-refractivity contribution < 1.29 is 4.74 Å². The van der Waals surface area contributed by atoms with Crippen molar-refractivity contribution in [2.75, 3.05) is 13.7 Å². The Bertz CT molecular complexity index is 733. The van der Waals surface area contributed by atoms with Crippen molar-refractivity contribution in [3.05, 3.63) is 71.9 Å². The molecule has 0 aliphatic carbocycles. The van der Waals surface area contributed by atoms with E-state index in [0.717, 1.165) is 30.8 Å². The van der Waals surface area contributed by atoms with Crippen molar-refractivity contribution in [1.29, 1.82) is 0 Å². The summed E-state index contributed by atoms with van der Waals surface area (Å²) in [6.45, 7) is 1.78. The minimum absolute atomic E-state index is 0.838. The molecule has 22 heavy (non-hydrogen) atoms. The van der Waals surface area contributed by atoms with Gasteiger partial charge in [0.1, 0.15) is 5.75 Å². The maximum Gasteiger partial charge on any atom is 0.118 e. The smallest absolute Gasteiger partial charge is 0.118 e. The molecule has 0 saturated carbocycles. The van der Waals surface area contributed by atoms with Crippen molar-refractivity contribution >= 4 is 10.9 Å². The molecule has 3 aromatic rings. The fraction of sp³-hybridized carbons (Fsp3) is 0.211. The molecule has 3 nitrogen and oxygen atoms in total. The first-order chi connectivity index (χ1) is 10.9. The third kappa shape index (κ3) is 3.43. The van der Waals surface area contributed by atoms with Gasteiger partial charge in [0.15, 0.2) is 0 Å². The van der Waals surface area contributed by atoms with Crippen molar-refractivity contribution in [3.63, 3.8) is 0 Å². The fourth-order valence-corrected chi connectivity index (χ4v) is 2.56. The molecule has 0 fully saturated rings. The lowest BCUT2D eigenvalue weighted by molar-refractivity contribution is 0.414. The monoisotopic (exact) mass is 292 g/mol. The zero-order valence-corrected chi connectivity index (χ0v) is 12.8.